The summed E-state index contributed by atoms with van der Waals surface area (Å²) in [7, 11) is -3.79. The van der Waals surface area contributed by atoms with Crippen LogP contribution >= 0.6 is 23.5 Å². The van der Waals surface area contributed by atoms with E-state index in [0.717, 1.165) is 6.26 Å². The second kappa shape index (κ2) is 9.04. The Kier molecular flexibility index (Phi) is 6.94. The van der Waals surface area contributed by atoms with Crippen molar-refractivity contribution in [1.82, 2.24) is 4.90 Å². The second-order valence-corrected chi connectivity index (χ2v) is 11.9. The van der Waals surface area contributed by atoms with Crippen LogP contribution in [0.3, 0.4) is 0 Å². The van der Waals surface area contributed by atoms with Gasteiger partial charge in [0.1, 0.15) is 12.0 Å². The number of ether oxygens (including phenoxy) is 1. The normalized spacial score (nSPS) is 20.8. The number of fused-ring (bicyclic) bond motifs is 1. The van der Waals surface area contributed by atoms with Gasteiger partial charge in [0, 0.05) is 12.1 Å². The zero-order chi connectivity index (χ0) is 23.8. The molecule has 0 aliphatic carbocycles. The molecule has 32 heavy (non-hydrogen) atoms. The number of β-lactam (4-membered cyclic amide) rings is 1. The molecule has 2 aliphatic heterocycles. The average molecular weight is 503 g/mol. The number of benzene rings is 1. The fraction of sp³-hybridized carbons (Fsp3) is 0.474. The summed E-state index contributed by atoms with van der Waals surface area (Å²) in [4.78, 5) is 37.4. The van der Waals surface area contributed by atoms with Crippen molar-refractivity contribution in [3.05, 3.63) is 49.9 Å². The minimum absolute atomic E-state index is 0.0735. The molecular weight excluding hydrogens is 480 g/mol. The van der Waals surface area contributed by atoms with Gasteiger partial charge in [0.15, 0.2) is 5.70 Å². The molecule has 0 N–H and O–H groups in total. The van der Waals surface area contributed by atoms with E-state index in [1.165, 1.54) is 66.5 Å². The van der Waals surface area contributed by atoms with Crippen LogP contribution in [-0.4, -0.2) is 53.1 Å². The monoisotopic (exact) mass is 502 g/mol. The molecule has 0 aromatic heterocycles. The first-order valence-corrected chi connectivity index (χ1v) is 13.2. The summed E-state index contributed by atoms with van der Waals surface area (Å²) in [6.45, 7) is 4.86. The maximum Gasteiger partial charge on any atom is 0.357 e. The van der Waals surface area contributed by atoms with Gasteiger partial charge >= 0.3 is 5.97 Å². The van der Waals surface area contributed by atoms with Crippen LogP contribution in [0.25, 0.3) is 0 Å². The molecule has 2 aliphatic rings. The van der Waals surface area contributed by atoms with Crippen LogP contribution in [0.5, 0.6) is 0 Å². The van der Waals surface area contributed by atoms with Crippen LogP contribution in [0.4, 0.5) is 5.69 Å². The molecule has 0 saturated carbocycles. The van der Waals surface area contributed by atoms with Gasteiger partial charge in [0.05, 0.1) is 26.9 Å². The van der Waals surface area contributed by atoms with Crippen molar-refractivity contribution in [3.8, 4) is 0 Å². The molecule has 174 valence electrons. The lowest BCUT2D eigenvalue weighted by Gasteiger charge is -2.48. The smallest absolute Gasteiger partial charge is 0.357 e. The van der Waals surface area contributed by atoms with Crippen LogP contribution in [0.2, 0.25) is 0 Å². The first kappa shape index (κ1) is 24.6. The van der Waals surface area contributed by atoms with Gasteiger partial charge < -0.3 is 4.74 Å². The average Bonchev–Trinajstić information content (AvgIpc) is 2.98. The molecule has 0 bridgehead atoms. The van der Waals surface area contributed by atoms with Crippen LogP contribution in [-0.2, 0) is 35.2 Å². The van der Waals surface area contributed by atoms with Gasteiger partial charge in [-0.25, -0.2) is 4.79 Å². The van der Waals surface area contributed by atoms with E-state index in [-0.39, 0.29) is 18.0 Å². The zero-order valence-electron chi connectivity index (χ0n) is 17.8. The Labute approximate surface area is 194 Å². The molecule has 2 unspecified atom stereocenters. The number of carbonyl (C=O) groups is 2. The summed E-state index contributed by atoms with van der Waals surface area (Å²) >= 11 is 2.70. The van der Waals surface area contributed by atoms with E-state index in [1.54, 1.807) is 0 Å². The molecule has 2 heterocycles. The summed E-state index contributed by atoms with van der Waals surface area (Å²) in [5.41, 5.74) is -0.661. The van der Waals surface area contributed by atoms with Crippen LogP contribution in [0, 0.1) is 16.0 Å². The number of nitro groups is 1. The summed E-state index contributed by atoms with van der Waals surface area (Å²) in [6, 6.07) is 5.61. The van der Waals surface area contributed by atoms with Crippen LogP contribution in [0.1, 0.15) is 26.3 Å². The van der Waals surface area contributed by atoms with Crippen LogP contribution < -0.4 is 0 Å². The molecule has 1 fully saturated rings. The van der Waals surface area contributed by atoms with Crippen molar-refractivity contribution in [2.75, 3.05) is 12.0 Å². The number of amides is 1. The minimum atomic E-state index is -3.79. The van der Waals surface area contributed by atoms with Crippen molar-refractivity contribution in [2.24, 2.45) is 5.92 Å². The Morgan fingerprint density at radius 2 is 1.94 bits per heavy atom. The van der Waals surface area contributed by atoms with Gasteiger partial charge in [0.25, 0.3) is 15.8 Å². The Hall–Kier alpha value is -2.09. The molecule has 1 aromatic rings. The van der Waals surface area contributed by atoms with Gasteiger partial charge in [-0.1, -0.05) is 18.7 Å². The number of non-ortho nitro benzene ring substituents is 1. The number of esters is 1. The van der Waals surface area contributed by atoms with E-state index in [0.29, 0.717) is 15.6 Å². The van der Waals surface area contributed by atoms with Crippen molar-refractivity contribution >= 4 is 51.2 Å². The minimum Gasteiger partial charge on any atom is -0.456 e. The third-order valence-electron chi connectivity index (χ3n) is 4.81. The van der Waals surface area contributed by atoms with E-state index in [2.05, 4.69) is 0 Å². The zero-order valence-corrected chi connectivity index (χ0v) is 20.2. The number of rotatable bonds is 9. The fourth-order valence-electron chi connectivity index (χ4n) is 3.52. The summed E-state index contributed by atoms with van der Waals surface area (Å²) in [5.74, 6) is -1.20. The molecule has 1 saturated heterocycles. The molecule has 10 nitrogen and oxygen atoms in total. The van der Waals surface area contributed by atoms with E-state index < -0.39 is 43.8 Å². The standard InChI is InChI=1S/C19H22N2O8S3/c1-5-30-18-14(17(23)28-10-11-6-8-12(9-7-11)21(24)25)20-15(22)13(16(20)31-18)19(2,3)29-32(4,26)27/h6-9,13,16H,5,10H2,1-4H3. The Bertz CT molecular complexity index is 1080. The van der Waals surface area contributed by atoms with E-state index >= 15 is 0 Å². The first-order valence-electron chi connectivity index (χ1n) is 9.53. The topological polar surface area (TPSA) is 133 Å². The maximum absolute atomic E-state index is 12.9. The molecule has 13 heteroatoms. The number of nitrogens with zero attached hydrogens (tertiary/aromatic N) is 2. The lowest BCUT2D eigenvalue weighted by Crippen LogP contribution is -2.65. The van der Waals surface area contributed by atoms with Crippen molar-refractivity contribution in [2.45, 2.75) is 38.4 Å². The quantitative estimate of drug-likeness (QED) is 0.163. The predicted octanol–water partition coefficient (Wildman–Crippen LogP) is 2.85. The molecule has 0 radical (unpaired) electrons. The lowest BCUT2D eigenvalue weighted by atomic mass is 9.83. The number of hydrogen-bond donors (Lipinski definition) is 0. The van der Waals surface area contributed by atoms with Crippen molar-refractivity contribution in [1.29, 1.82) is 0 Å². The van der Waals surface area contributed by atoms with Gasteiger partial charge in [-0.2, -0.15) is 8.42 Å². The van der Waals surface area contributed by atoms with E-state index in [4.69, 9.17) is 8.92 Å². The highest BCUT2D eigenvalue weighted by atomic mass is 32.2. The molecule has 1 aromatic carbocycles. The highest BCUT2D eigenvalue weighted by Gasteiger charge is 2.62. The third-order valence-corrected chi connectivity index (χ3v) is 8.06. The number of carbonyl (C=O) groups excluding carboxylic acids is 2. The lowest BCUT2D eigenvalue weighted by molar-refractivity contribution is -0.384. The Balaban J connectivity index is 1.75. The molecule has 2 atom stereocenters. The molecule has 0 spiro atoms. The highest BCUT2D eigenvalue weighted by Crippen LogP contribution is 2.56. The van der Waals surface area contributed by atoms with Crippen molar-refractivity contribution in [3.63, 3.8) is 0 Å². The van der Waals surface area contributed by atoms with E-state index in [1.807, 2.05) is 6.92 Å². The maximum atomic E-state index is 12.9. The summed E-state index contributed by atoms with van der Waals surface area (Å²) in [6.07, 6.45) is 0.926. The van der Waals surface area contributed by atoms with E-state index in [9.17, 15) is 28.1 Å². The highest BCUT2D eigenvalue weighted by molar-refractivity contribution is 8.22. The van der Waals surface area contributed by atoms with Gasteiger partial charge in [-0.3, -0.25) is 24.0 Å². The summed E-state index contributed by atoms with van der Waals surface area (Å²) < 4.78 is 34.4. The Morgan fingerprint density at radius 3 is 2.47 bits per heavy atom. The molecular formula is C19H22N2O8S3. The molecule has 1 amide bonds. The second-order valence-electron chi connectivity index (χ2n) is 7.65. The predicted molar refractivity (Wildman–Crippen MR) is 120 cm³/mol. The largest absolute Gasteiger partial charge is 0.456 e. The third kappa shape index (κ3) is 4.95. The van der Waals surface area contributed by atoms with Gasteiger partial charge in [-0.15, -0.1) is 11.8 Å². The molecule has 3 rings (SSSR count). The van der Waals surface area contributed by atoms with Gasteiger partial charge in [-0.05, 0) is 37.3 Å². The first-order chi connectivity index (χ1) is 14.9. The number of thioether (sulfide) groups is 2. The van der Waals surface area contributed by atoms with Gasteiger partial charge in [0.2, 0.25) is 5.91 Å². The van der Waals surface area contributed by atoms with Crippen LogP contribution in [0.15, 0.2) is 34.2 Å². The SMILES string of the molecule is CCSC1=C(C(=O)OCc2ccc([N+](=O)[O-])cc2)N2C(=O)C(C(C)(C)OS(C)(=O)=O)C2S1. The number of nitro benzene ring substituents is 1. The number of hydrogen-bond acceptors (Lipinski definition) is 10. The summed E-state index contributed by atoms with van der Waals surface area (Å²) in [5, 5.41) is 10.3. The Morgan fingerprint density at radius 1 is 1.31 bits per heavy atom. The fourth-order valence-corrected chi connectivity index (χ4v) is 7.31. The van der Waals surface area contributed by atoms with Crippen molar-refractivity contribution < 1.29 is 31.9 Å².